The smallest absolute Gasteiger partial charge is 0.335 e. The van der Waals surface area contributed by atoms with Gasteiger partial charge in [-0.3, -0.25) is 0 Å². The van der Waals surface area contributed by atoms with Crippen LogP contribution < -0.4 is 4.74 Å². The average molecular weight is 471 g/mol. The number of carboxylic acid groups (broad SMARTS) is 1. The van der Waals surface area contributed by atoms with Crippen molar-refractivity contribution in [3.8, 4) is 5.75 Å². The van der Waals surface area contributed by atoms with Gasteiger partial charge in [0.2, 0.25) is 0 Å². The van der Waals surface area contributed by atoms with E-state index in [1.54, 1.807) is 30.3 Å². The van der Waals surface area contributed by atoms with Gasteiger partial charge in [0.05, 0.1) is 22.8 Å². The molecule has 3 rings (SSSR count). The Morgan fingerprint density at radius 2 is 1.76 bits per heavy atom. The summed E-state index contributed by atoms with van der Waals surface area (Å²) in [5.41, 5.74) is 3.26. The summed E-state index contributed by atoms with van der Waals surface area (Å²) < 4.78 is 31.8. The van der Waals surface area contributed by atoms with E-state index in [-0.39, 0.29) is 11.3 Å². The molecule has 0 fully saturated rings. The molecular weight excluding hydrogens is 436 g/mol. The van der Waals surface area contributed by atoms with Crippen molar-refractivity contribution < 1.29 is 23.1 Å². The predicted molar refractivity (Wildman–Crippen MR) is 133 cm³/mol. The summed E-state index contributed by atoms with van der Waals surface area (Å²) in [6.07, 6.45) is 7.54. The zero-order valence-corrected chi connectivity index (χ0v) is 20.8. The second kappa shape index (κ2) is 10.1. The number of allylic oxidation sites excluding steroid dienone is 1. The van der Waals surface area contributed by atoms with Crippen molar-refractivity contribution in [2.75, 3.05) is 12.4 Å². The molecule has 0 saturated heterocycles. The minimum atomic E-state index is -3.35. The van der Waals surface area contributed by atoms with Gasteiger partial charge in [0.1, 0.15) is 5.75 Å². The third kappa shape index (κ3) is 5.85. The fraction of sp³-hybridized carbons (Fsp3) is 0.444. The number of benzene rings is 2. The van der Waals surface area contributed by atoms with Crippen LogP contribution in [-0.4, -0.2) is 31.9 Å². The van der Waals surface area contributed by atoms with E-state index >= 15 is 0 Å². The second-order valence-electron chi connectivity index (χ2n) is 9.50. The molecule has 1 N–H and O–H groups in total. The molecule has 0 amide bonds. The number of carbonyl (C=O) groups is 1. The van der Waals surface area contributed by atoms with Gasteiger partial charge < -0.3 is 9.84 Å². The molecule has 0 aliphatic carbocycles. The van der Waals surface area contributed by atoms with Crippen LogP contribution in [0.2, 0.25) is 0 Å². The van der Waals surface area contributed by atoms with E-state index < -0.39 is 21.2 Å². The highest BCUT2D eigenvalue weighted by molar-refractivity contribution is 7.91. The lowest BCUT2D eigenvalue weighted by atomic mass is 9.85. The van der Waals surface area contributed by atoms with Crippen LogP contribution in [0.15, 0.2) is 41.3 Å². The van der Waals surface area contributed by atoms with Crippen LogP contribution >= 0.6 is 0 Å². The highest BCUT2D eigenvalue weighted by atomic mass is 32.2. The van der Waals surface area contributed by atoms with Gasteiger partial charge >= 0.3 is 5.97 Å². The third-order valence-corrected chi connectivity index (χ3v) is 8.28. The van der Waals surface area contributed by atoms with Gasteiger partial charge in [-0.25, -0.2) is 13.2 Å². The Morgan fingerprint density at radius 3 is 2.39 bits per heavy atom. The fourth-order valence-corrected chi connectivity index (χ4v) is 6.56. The van der Waals surface area contributed by atoms with Crippen molar-refractivity contribution in [1.82, 2.24) is 0 Å². The van der Waals surface area contributed by atoms with Crippen LogP contribution in [0.3, 0.4) is 0 Å². The van der Waals surface area contributed by atoms with Gasteiger partial charge in [0, 0.05) is 11.0 Å². The molecule has 0 radical (unpaired) electrons. The van der Waals surface area contributed by atoms with Gasteiger partial charge in [-0.1, -0.05) is 64.7 Å². The first-order valence-electron chi connectivity index (χ1n) is 11.6. The molecule has 0 unspecified atom stereocenters. The molecule has 33 heavy (non-hydrogen) atoms. The van der Waals surface area contributed by atoms with Gasteiger partial charge in [0.15, 0.2) is 9.84 Å². The number of ether oxygens (including phenoxy) is 1. The Balaban J connectivity index is 1.96. The Bertz CT molecular complexity index is 1140. The van der Waals surface area contributed by atoms with Gasteiger partial charge in [-0.15, -0.1) is 0 Å². The number of sulfone groups is 1. The molecule has 2 aromatic rings. The molecule has 0 aromatic heterocycles. The number of aromatic carboxylic acids is 1. The van der Waals surface area contributed by atoms with Crippen LogP contribution in [-0.2, 0) is 15.3 Å². The van der Waals surface area contributed by atoms with Crippen molar-refractivity contribution in [2.24, 2.45) is 0 Å². The zero-order chi connectivity index (χ0) is 24.2. The summed E-state index contributed by atoms with van der Waals surface area (Å²) in [5, 5.41) is 9.12. The lowest BCUT2D eigenvalue weighted by Crippen LogP contribution is -2.19. The van der Waals surface area contributed by atoms with Crippen molar-refractivity contribution in [1.29, 1.82) is 0 Å². The third-order valence-electron chi connectivity index (χ3n) is 6.17. The highest BCUT2D eigenvalue weighted by Gasteiger charge is 2.41. The van der Waals surface area contributed by atoms with Crippen LogP contribution in [0.1, 0.15) is 86.8 Å². The molecule has 6 heteroatoms. The van der Waals surface area contributed by atoms with Crippen molar-refractivity contribution >= 4 is 27.5 Å². The Morgan fingerprint density at radius 1 is 1.09 bits per heavy atom. The van der Waals surface area contributed by atoms with Crippen LogP contribution in [0.5, 0.6) is 5.75 Å². The average Bonchev–Trinajstić information content (AvgIpc) is 2.93. The Labute approximate surface area is 197 Å². The molecule has 2 aromatic carbocycles. The minimum absolute atomic E-state index is 0.0919. The molecule has 1 aliphatic rings. The van der Waals surface area contributed by atoms with Crippen LogP contribution in [0.25, 0.3) is 11.6 Å². The maximum Gasteiger partial charge on any atom is 0.335 e. The number of hydrogen-bond donors (Lipinski definition) is 1. The normalized spacial score (nSPS) is 16.4. The number of carboxylic acids is 1. The lowest BCUT2D eigenvalue weighted by molar-refractivity contribution is 0.0697. The molecule has 1 heterocycles. The molecular formula is C27H34O5S. The first kappa shape index (κ1) is 25.0. The van der Waals surface area contributed by atoms with E-state index in [0.29, 0.717) is 17.3 Å². The molecule has 5 nitrogen and oxygen atoms in total. The maximum absolute atomic E-state index is 12.8. The number of hydrogen-bond acceptors (Lipinski definition) is 4. The van der Waals surface area contributed by atoms with E-state index in [1.807, 2.05) is 32.9 Å². The molecule has 178 valence electrons. The minimum Gasteiger partial charge on any atom is -0.493 e. The van der Waals surface area contributed by atoms with E-state index in [1.165, 1.54) is 19.3 Å². The van der Waals surface area contributed by atoms with E-state index in [0.717, 1.165) is 35.1 Å². The van der Waals surface area contributed by atoms with Crippen molar-refractivity contribution in [3.63, 3.8) is 0 Å². The maximum atomic E-state index is 12.8. The van der Waals surface area contributed by atoms with Gasteiger partial charge in [0.25, 0.3) is 0 Å². The van der Waals surface area contributed by atoms with Gasteiger partial charge in [-0.2, -0.15) is 0 Å². The quantitative estimate of drug-likeness (QED) is 0.323. The number of rotatable bonds is 10. The summed E-state index contributed by atoms with van der Waals surface area (Å²) in [5.74, 6) is -0.283. The standard InChI is InChI=1S/C27H34O5S/c1-5-6-7-8-9-14-32-24-17-25-23(27(3,4)18-33(25,30)31)16-22(24)19(2)15-20-10-12-21(13-11-20)26(28)29/h10-13,15-17H,5-9,14,18H2,1-4H3,(H,28,29)/b19-15+. The summed E-state index contributed by atoms with van der Waals surface area (Å²) in [6.45, 7) is 8.60. The number of unbranched alkanes of at least 4 members (excludes halogenated alkanes) is 4. The van der Waals surface area contributed by atoms with E-state index in [9.17, 15) is 13.2 Å². The topological polar surface area (TPSA) is 80.7 Å². The largest absolute Gasteiger partial charge is 0.493 e. The SMILES string of the molecule is CCCCCCCOc1cc2c(cc1/C(C)=C/c1ccc(C(=O)O)cc1)C(C)(C)CS2(=O)=O. The second-order valence-corrected chi connectivity index (χ2v) is 11.5. The lowest BCUT2D eigenvalue weighted by Gasteiger charge is -2.20. The summed E-state index contributed by atoms with van der Waals surface area (Å²) in [4.78, 5) is 11.5. The molecule has 0 spiro atoms. The Kier molecular flexibility index (Phi) is 7.68. The Hall–Kier alpha value is -2.60. The summed E-state index contributed by atoms with van der Waals surface area (Å²) >= 11 is 0. The van der Waals surface area contributed by atoms with Crippen molar-refractivity contribution in [2.45, 2.75) is 70.1 Å². The van der Waals surface area contributed by atoms with E-state index in [4.69, 9.17) is 9.84 Å². The zero-order valence-electron chi connectivity index (χ0n) is 20.0. The summed E-state index contributed by atoms with van der Waals surface area (Å²) in [6, 6.07) is 10.3. The summed E-state index contributed by atoms with van der Waals surface area (Å²) in [7, 11) is -3.35. The molecule has 0 bridgehead atoms. The first-order valence-corrected chi connectivity index (χ1v) is 13.3. The van der Waals surface area contributed by atoms with Crippen LogP contribution in [0.4, 0.5) is 0 Å². The number of fused-ring (bicyclic) bond motifs is 1. The van der Waals surface area contributed by atoms with Crippen LogP contribution in [0, 0.1) is 0 Å². The van der Waals surface area contributed by atoms with Gasteiger partial charge in [-0.05, 0) is 54.3 Å². The molecule has 1 aliphatic heterocycles. The molecule has 0 saturated carbocycles. The van der Waals surface area contributed by atoms with Crippen molar-refractivity contribution in [3.05, 3.63) is 58.7 Å². The molecule has 0 atom stereocenters. The fourth-order valence-electron chi connectivity index (χ4n) is 4.34. The van der Waals surface area contributed by atoms with E-state index in [2.05, 4.69) is 6.92 Å². The first-order chi connectivity index (χ1) is 15.5. The predicted octanol–water partition coefficient (Wildman–Crippen LogP) is 6.36. The monoisotopic (exact) mass is 470 g/mol. The highest BCUT2D eigenvalue weighted by Crippen LogP contribution is 2.44.